The van der Waals surface area contributed by atoms with Crippen LogP contribution in [-0.4, -0.2) is 15.3 Å². The van der Waals surface area contributed by atoms with Crippen molar-refractivity contribution in [1.29, 1.82) is 0 Å². The molecule has 2 rings (SSSR count). The Bertz CT molecular complexity index is 383. The van der Waals surface area contributed by atoms with E-state index in [1.54, 1.807) is 0 Å². The van der Waals surface area contributed by atoms with Crippen LogP contribution in [0, 0.1) is 11.8 Å². The third kappa shape index (κ3) is 3.14. The van der Waals surface area contributed by atoms with Crippen molar-refractivity contribution in [3.05, 3.63) is 18.0 Å². The summed E-state index contributed by atoms with van der Waals surface area (Å²) in [5.41, 5.74) is 7.97. The lowest BCUT2D eigenvalue weighted by Gasteiger charge is -2.40. The summed E-state index contributed by atoms with van der Waals surface area (Å²) < 4.78 is 1.96. The fourth-order valence-corrected chi connectivity index (χ4v) is 3.26. The molecule has 0 saturated heterocycles. The van der Waals surface area contributed by atoms with Gasteiger partial charge in [-0.1, -0.05) is 26.7 Å². The van der Waals surface area contributed by atoms with Crippen molar-refractivity contribution >= 4 is 0 Å². The Morgan fingerprint density at radius 1 is 1.56 bits per heavy atom. The number of nitrogens with zero attached hydrogens (tertiary/aromatic N) is 2. The highest BCUT2D eigenvalue weighted by Crippen LogP contribution is 2.37. The van der Waals surface area contributed by atoms with Gasteiger partial charge < -0.3 is 5.73 Å². The SMILES string of the molecule is CC(C)C1CCCC(N)(CCc2ccnn2C)C1. The molecule has 2 N–H and O–H groups in total. The van der Waals surface area contributed by atoms with Gasteiger partial charge in [0.05, 0.1) is 0 Å². The minimum absolute atomic E-state index is 0.0530. The van der Waals surface area contributed by atoms with Gasteiger partial charge in [-0.25, -0.2) is 0 Å². The summed E-state index contributed by atoms with van der Waals surface area (Å²) in [5, 5.41) is 4.22. The monoisotopic (exact) mass is 249 g/mol. The molecule has 18 heavy (non-hydrogen) atoms. The molecule has 0 aliphatic heterocycles. The maximum Gasteiger partial charge on any atom is 0.0492 e. The summed E-state index contributed by atoms with van der Waals surface area (Å²) in [6, 6.07) is 2.10. The topological polar surface area (TPSA) is 43.8 Å². The second kappa shape index (κ2) is 5.43. The fraction of sp³-hybridized carbons (Fsp3) is 0.800. The van der Waals surface area contributed by atoms with Gasteiger partial charge in [0, 0.05) is 24.5 Å². The molecule has 102 valence electrons. The first-order chi connectivity index (χ1) is 8.50. The molecule has 3 nitrogen and oxygen atoms in total. The van der Waals surface area contributed by atoms with Gasteiger partial charge >= 0.3 is 0 Å². The van der Waals surface area contributed by atoms with Crippen LogP contribution in [0.25, 0.3) is 0 Å². The van der Waals surface area contributed by atoms with E-state index in [0.29, 0.717) is 0 Å². The lowest BCUT2D eigenvalue weighted by atomic mass is 9.70. The van der Waals surface area contributed by atoms with Crippen LogP contribution in [0.3, 0.4) is 0 Å². The molecule has 1 aliphatic carbocycles. The average molecular weight is 249 g/mol. The van der Waals surface area contributed by atoms with Crippen LogP contribution >= 0.6 is 0 Å². The Morgan fingerprint density at radius 3 is 2.94 bits per heavy atom. The van der Waals surface area contributed by atoms with E-state index in [2.05, 4.69) is 25.0 Å². The standard InChI is InChI=1S/C15H27N3/c1-12(2)13-5-4-8-15(16,11-13)9-6-14-7-10-17-18(14)3/h7,10,12-13H,4-6,8-9,11,16H2,1-3H3. The van der Waals surface area contributed by atoms with E-state index in [-0.39, 0.29) is 5.54 Å². The van der Waals surface area contributed by atoms with Gasteiger partial charge in [0.25, 0.3) is 0 Å². The van der Waals surface area contributed by atoms with Crippen molar-refractivity contribution in [2.75, 3.05) is 0 Å². The molecule has 1 aromatic heterocycles. The highest BCUT2D eigenvalue weighted by Gasteiger charge is 2.33. The van der Waals surface area contributed by atoms with Gasteiger partial charge in [0.15, 0.2) is 0 Å². The molecule has 0 aromatic carbocycles. The molecule has 0 bridgehead atoms. The Balaban J connectivity index is 1.93. The number of rotatable bonds is 4. The van der Waals surface area contributed by atoms with Gasteiger partial charge in [0.1, 0.15) is 0 Å². The van der Waals surface area contributed by atoms with Crippen molar-refractivity contribution in [1.82, 2.24) is 9.78 Å². The van der Waals surface area contributed by atoms with Crippen LogP contribution in [0.4, 0.5) is 0 Å². The van der Waals surface area contributed by atoms with Gasteiger partial charge in [0.2, 0.25) is 0 Å². The van der Waals surface area contributed by atoms with Crippen LogP contribution in [0.5, 0.6) is 0 Å². The zero-order valence-corrected chi connectivity index (χ0v) is 12.0. The molecule has 0 spiro atoms. The number of nitrogens with two attached hydrogens (primary N) is 1. The van der Waals surface area contributed by atoms with E-state index in [9.17, 15) is 0 Å². The first-order valence-corrected chi connectivity index (χ1v) is 7.26. The molecule has 0 amide bonds. The number of aryl methyl sites for hydroxylation is 2. The normalized spacial score (nSPS) is 28.8. The number of aromatic nitrogens is 2. The van der Waals surface area contributed by atoms with Crippen LogP contribution < -0.4 is 5.73 Å². The molecule has 2 atom stereocenters. The molecular weight excluding hydrogens is 222 g/mol. The van der Waals surface area contributed by atoms with Crippen molar-refractivity contribution in [2.45, 2.75) is 57.9 Å². The number of hydrogen-bond donors (Lipinski definition) is 1. The fourth-order valence-electron chi connectivity index (χ4n) is 3.26. The van der Waals surface area contributed by atoms with Crippen molar-refractivity contribution < 1.29 is 0 Å². The molecule has 1 aromatic rings. The van der Waals surface area contributed by atoms with Crippen LogP contribution in [-0.2, 0) is 13.5 Å². The Morgan fingerprint density at radius 2 is 2.33 bits per heavy atom. The zero-order chi connectivity index (χ0) is 13.2. The van der Waals surface area contributed by atoms with E-state index in [0.717, 1.165) is 24.7 Å². The molecule has 3 heteroatoms. The minimum Gasteiger partial charge on any atom is -0.325 e. The van der Waals surface area contributed by atoms with Gasteiger partial charge in [-0.2, -0.15) is 5.10 Å². The predicted molar refractivity (Wildman–Crippen MR) is 75.2 cm³/mol. The smallest absolute Gasteiger partial charge is 0.0492 e. The predicted octanol–water partition coefficient (Wildman–Crippen LogP) is 2.90. The third-order valence-electron chi connectivity index (χ3n) is 4.66. The molecule has 1 aliphatic rings. The van der Waals surface area contributed by atoms with Crippen LogP contribution in [0.15, 0.2) is 12.3 Å². The summed E-state index contributed by atoms with van der Waals surface area (Å²) in [5.74, 6) is 1.58. The van der Waals surface area contributed by atoms with Gasteiger partial charge in [-0.15, -0.1) is 0 Å². The Labute approximate surface area is 111 Å². The highest BCUT2D eigenvalue weighted by atomic mass is 15.2. The quantitative estimate of drug-likeness (QED) is 0.891. The summed E-state index contributed by atoms with van der Waals surface area (Å²) in [4.78, 5) is 0. The van der Waals surface area contributed by atoms with E-state index < -0.39 is 0 Å². The van der Waals surface area contributed by atoms with E-state index in [4.69, 9.17) is 5.73 Å². The van der Waals surface area contributed by atoms with Crippen LogP contribution in [0.2, 0.25) is 0 Å². The molecule has 1 heterocycles. The summed E-state index contributed by atoms with van der Waals surface area (Å²) in [7, 11) is 2.01. The average Bonchev–Trinajstić information content (AvgIpc) is 2.72. The van der Waals surface area contributed by atoms with Gasteiger partial charge in [-0.05, 0) is 43.6 Å². The minimum atomic E-state index is 0.0530. The van der Waals surface area contributed by atoms with E-state index in [1.165, 1.54) is 31.4 Å². The second-order valence-electron chi connectivity index (χ2n) is 6.41. The summed E-state index contributed by atoms with van der Waals surface area (Å²) >= 11 is 0. The largest absolute Gasteiger partial charge is 0.325 e. The lowest BCUT2D eigenvalue weighted by Crippen LogP contribution is -2.45. The van der Waals surface area contributed by atoms with Crippen molar-refractivity contribution in [2.24, 2.45) is 24.6 Å². The lowest BCUT2D eigenvalue weighted by molar-refractivity contribution is 0.174. The van der Waals surface area contributed by atoms with E-state index in [1.807, 2.05) is 17.9 Å². The molecular formula is C15H27N3. The second-order valence-corrected chi connectivity index (χ2v) is 6.41. The molecule has 1 saturated carbocycles. The maximum atomic E-state index is 6.62. The van der Waals surface area contributed by atoms with Crippen LogP contribution in [0.1, 0.15) is 51.6 Å². The molecule has 0 radical (unpaired) electrons. The van der Waals surface area contributed by atoms with E-state index >= 15 is 0 Å². The van der Waals surface area contributed by atoms with Crippen molar-refractivity contribution in [3.63, 3.8) is 0 Å². The summed E-state index contributed by atoms with van der Waals surface area (Å²) in [6.07, 6.45) is 9.06. The maximum absolute atomic E-state index is 6.62. The number of hydrogen-bond acceptors (Lipinski definition) is 2. The zero-order valence-electron chi connectivity index (χ0n) is 12.0. The highest BCUT2D eigenvalue weighted by molar-refractivity contribution is 5.03. The Hall–Kier alpha value is -0.830. The summed E-state index contributed by atoms with van der Waals surface area (Å²) in [6.45, 7) is 4.66. The first-order valence-electron chi connectivity index (χ1n) is 7.26. The molecule has 1 fully saturated rings. The van der Waals surface area contributed by atoms with Crippen molar-refractivity contribution in [3.8, 4) is 0 Å². The third-order valence-corrected chi connectivity index (χ3v) is 4.66. The molecule has 2 unspecified atom stereocenters. The first kappa shape index (κ1) is 13.6. The van der Waals surface area contributed by atoms with Gasteiger partial charge in [-0.3, -0.25) is 4.68 Å². The Kier molecular flexibility index (Phi) is 4.10.